The van der Waals surface area contributed by atoms with Crippen LogP contribution >= 0.6 is 0 Å². The van der Waals surface area contributed by atoms with Crippen molar-refractivity contribution in [2.24, 2.45) is 0 Å². The minimum Gasteiger partial charge on any atom is -0.662 e. The van der Waals surface area contributed by atoms with Gasteiger partial charge in [0.05, 0.1) is 0 Å². The zero-order valence-electron chi connectivity index (χ0n) is 5.60. The summed E-state index contributed by atoms with van der Waals surface area (Å²) in [5.74, 6) is 0. The van der Waals surface area contributed by atoms with Crippen LogP contribution in [0.25, 0.3) is 0 Å². The molecule has 0 amide bonds. The summed E-state index contributed by atoms with van der Waals surface area (Å²) in [6, 6.07) is 0. The first-order valence-corrected chi connectivity index (χ1v) is 1.28. The molecule has 0 aromatic heterocycles. The van der Waals surface area contributed by atoms with Crippen molar-refractivity contribution in [3.8, 4) is 0 Å². The van der Waals surface area contributed by atoms with E-state index in [4.69, 9.17) is 20.1 Å². The van der Waals surface area contributed by atoms with Gasteiger partial charge < -0.3 is 20.3 Å². The van der Waals surface area contributed by atoms with E-state index in [1.54, 1.807) is 0 Å². The first kappa shape index (κ1) is 23.1. The summed E-state index contributed by atoms with van der Waals surface area (Å²) in [5.41, 5.74) is 0. The van der Waals surface area contributed by atoms with Crippen molar-refractivity contribution in [3.63, 3.8) is 0 Å². The Morgan fingerprint density at radius 3 is 1.00 bits per heavy atom. The fourth-order valence-corrected chi connectivity index (χ4v) is 0. The zero-order chi connectivity index (χ0) is 6.83. The number of hydrogen-bond donors (Lipinski definition) is 0. The van der Waals surface area contributed by atoms with Crippen LogP contribution in [0.5, 0.6) is 0 Å². The molecule has 0 aliphatic heterocycles. The molecule has 0 rings (SSSR count). The first-order chi connectivity index (χ1) is 3.83. The van der Waals surface area contributed by atoms with E-state index in [0.29, 0.717) is 0 Å². The standard InChI is InChI=1S/2CH2O3.2Cs/c2*2-1-4-3;;/h2*1,3H;;/q;;2*+1/p-2. The van der Waals surface area contributed by atoms with Crippen molar-refractivity contribution in [3.05, 3.63) is 0 Å². The molecule has 0 atom stereocenters. The van der Waals surface area contributed by atoms with Gasteiger partial charge in [-0.05, 0) is 0 Å². The Balaban J connectivity index is -0.0000000300. The summed E-state index contributed by atoms with van der Waals surface area (Å²) in [7, 11) is 0. The molecule has 0 heterocycles. The summed E-state index contributed by atoms with van der Waals surface area (Å²) < 4.78 is 0. The molecule has 0 unspecified atom stereocenters. The smallest absolute Gasteiger partial charge is 0.662 e. The third-order valence-electron chi connectivity index (χ3n) is 0.0786. The maximum Gasteiger partial charge on any atom is 1.00 e. The van der Waals surface area contributed by atoms with Gasteiger partial charge in [0.1, 0.15) is 0 Å². The fraction of sp³-hybridized carbons (Fsp3) is 0. The van der Waals surface area contributed by atoms with Crippen LogP contribution in [0.2, 0.25) is 0 Å². The molecule has 6 nitrogen and oxygen atoms in total. The van der Waals surface area contributed by atoms with E-state index >= 15 is 0 Å². The van der Waals surface area contributed by atoms with Crippen LogP contribution in [0, 0.1) is 0 Å². The van der Waals surface area contributed by atoms with Crippen LogP contribution in [0.1, 0.15) is 0 Å². The quantitative estimate of drug-likeness (QED) is 0.265. The molecule has 10 heavy (non-hydrogen) atoms. The van der Waals surface area contributed by atoms with E-state index in [1.165, 1.54) is 0 Å². The number of carbonyl (C=O) groups excluding carboxylic acids is 2. The van der Waals surface area contributed by atoms with Crippen LogP contribution in [-0.4, -0.2) is 12.9 Å². The SMILES string of the molecule is O=CO[O-].O=CO[O-].[Cs+].[Cs+]. The molecule has 0 aromatic rings. The molecular formula is C2H2Cs2O6. The Hall–Kier alpha value is 2.96. The van der Waals surface area contributed by atoms with Crippen LogP contribution in [0.3, 0.4) is 0 Å². The minimum absolute atomic E-state index is 0. The van der Waals surface area contributed by atoms with Gasteiger partial charge in [-0.1, -0.05) is 0 Å². The maximum atomic E-state index is 8.64. The third-order valence-corrected chi connectivity index (χ3v) is 0.0786. The Morgan fingerprint density at radius 1 is 0.900 bits per heavy atom. The van der Waals surface area contributed by atoms with Gasteiger partial charge in [-0.2, -0.15) is 0 Å². The molecule has 0 bridgehead atoms. The molecule has 0 saturated heterocycles. The van der Waals surface area contributed by atoms with E-state index in [1.807, 2.05) is 0 Å². The molecule has 8 heteroatoms. The van der Waals surface area contributed by atoms with Crippen molar-refractivity contribution in [1.29, 1.82) is 0 Å². The van der Waals surface area contributed by atoms with Gasteiger partial charge in [0.15, 0.2) is 0 Å². The van der Waals surface area contributed by atoms with E-state index in [-0.39, 0.29) is 151 Å². The van der Waals surface area contributed by atoms with Crippen molar-refractivity contribution in [2.75, 3.05) is 0 Å². The molecule has 48 valence electrons. The van der Waals surface area contributed by atoms with Crippen LogP contribution in [0.15, 0.2) is 0 Å². The van der Waals surface area contributed by atoms with Gasteiger partial charge in [-0.15, -0.1) is 0 Å². The van der Waals surface area contributed by atoms with Gasteiger partial charge in [-0.25, -0.2) is 0 Å². The summed E-state index contributed by atoms with van der Waals surface area (Å²) in [6.45, 7) is -0.361. The van der Waals surface area contributed by atoms with Crippen molar-refractivity contribution in [1.82, 2.24) is 0 Å². The van der Waals surface area contributed by atoms with E-state index < -0.39 is 0 Å². The first-order valence-electron chi connectivity index (χ1n) is 1.28. The van der Waals surface area contributed by atoms with E-state index in [2.05, 4.69) is 9.78 Å². The topological polar surface area (TPSA) is 98.7 Å². The average Bonchev–Trinajstić information content (AvgIpc) is 1.88. The number of rotatable bonds is 2. The van der Waals surface area contributed by atoms with Crippen LogP contribution < -0.4 is 148 Å². The predicted molar refractivity (Wildman–Crippen MR) is 14.3 cm³/mol. The molecule has 0 aliphatic carbocycles. The van der Waals surface area contributed by atoms with Gasteiger partial charge in [-0.3, -0.25) is 9.59 Å². The van der Waals surface area contributed by atoms with Gasteiger partial charge in [0.2, 0.25) is 0 Å². The molecule has 0 N–H and O–H groups in total. The normalized spacial score (nSPS) is 4.20. The molecule has 0 aliphatic rings. The Labute approximate surface area is 175 Å². The van der Waals surface area contributed by atoms with Crippen LogP contribution in [-0.2, 0) is 19.4 Å². The summed E-state index contributed by atoms with van der Waals surface area (Å²) in [5, 5.41) is 16.9. The Kier molecular flexibility index (Phi) is 68.5. The summed E-state index contributed by atoms with van der Waals surface area (Å²) in [4.78, 5) is 22.5. The Bertz CT molecular complexity index is 49.7. The number of hydrogen-bond acceptors (Lipinski definition) is 6. The van der Waals surface area contributed by atoms with Gasteiger partial charge >= 0.3 is 138 Å². The van der Waals surface area contributed by atoms with Gasteiger partial charge in [0, 0.05) is 0 Å². The Morgan fingerprint density at radius 2 is 1.00 bits per heavy atom. The average molecular weight is 388 g/mol. The molecule has 0 aromatic carbocycles. The maximum absolute atomic E-state index is 8.64. The second kappa shape index (κ2) is 29.7. The minimum atomic E-state index is -0.181. The molecule has 0 radical (unpaired) electrons. The van der Waals surface area contributed by atoms with Crippen molar-refractivity contribution >= 4 is 12.9 Å². The molecule has 0 fully saturated rings. The summed E-state index contributed by atoms with van der Waals surface area (Å²) in [6.07, 6.45) is 0. The second-order valence-electron chi connectivity index (χ2n) is 0.385. The summed E-state index contributed by atoms with van der Waals surface area (Å²) >= 11 is 0. The third kappa shape index (κ3) is 44.2. The monoisotopic (exact) mass is 388 g/mol. The molecule has 0 saturated carbocycles. The van der Waals surface area contributed by atoms with E-state index in [0.717, 1.165) is 0 Å². The van der Waals surface area contributed by atoms with E-state index in [9.17, 15) is 0 Å². The molecular weight excluding hydrogens is 386 g/mol. The van der Waals surface area contributed by atoms with Crippen LogP contribution in [0.4, 0.5) is 0 Å². The van der Waals surface area contributed by atoms with Crippen molar-refractivity contribution in [2.45, 2.75) is 0 Å². The zero-order valence-corrected chi connectivity index (χ0v) is 18.2. The van der Waals surface area contributed by atoms with Gasteiger partial charge in [0.25, 0.3) is 12.9 Å². The largest absolute Gasteiger partial charge is 1.00 e. The fourth-order valence-electron chi connectivity index (χ4n) is 0. The second-order valence-corrected chi connectivity index (χ2v) is 0.385. The van der Waals surface area contributed by atoms with Crippen molar-refractivity contribution < 1.29 is 168 Å². The predicted octanol–water partition coefficient (Wildman–Crippen LogP) is -9.12. The number of carbonyl (C=O) groups is 2. The molecule has 0 spiro atoms.